The molecule has 0 aliphatic carbocycles. The zero-order valence-electron chi connectivity index (χ0n) is 11.3. The fourth-order valence-electron chi connectivity index (χ4n) is 2.71. The van der Waals surface area contributed by atoms with Crippen LogP contribution in [-0.4, -0.2) is 54.7 Å². The maximum Gasteiger partial charge on any atom is 0.251 e. The Morgan fingerprint density at radius 2 is 2.10 bits per heavy atom. The lowest BCUT2D eigenvalue weighted by molar-refractivity contribution is -0.141. The molecule has 2 aliphatic heterocycles. The standard InChI is InChI=1S/C14H18FN3O2/c15-12-4-1-5-13(16-12)17-6-8-18(9-7-17)14(19)11-3-2-10-20-11/h1,4-5,11H,2-3,6-10H2/t11-/m0/s1. The van der Waals surface area contributed by atoms with Crippen LogP contribution in [0.4, 0.5) is 10.2 Å². The lowest BCUT2D eigenvalue weighted by Crippen LogP contribution is -2.51. The fourth-order valence-corrected chi connectivity index (χ4v) is 2.71. The van der Waals surface area contributed by atoms with Crippen LogP contribution in [0, 0.1) is 5.95 Å². The number of ether oxygens (including phenoxy) is 1. The minimum absolute atomic E-state index is 0.0920. The first-order valence-electron chi connectivity index (χ1n) is 7.02. The van der Waals surface area contributed by atoms with Crippen LogP contribution >= 0.6 is 0 Å². The van der Waals surface area contributed by atoms with Crippen molar-refractivity contribution >= 4 is 11.7 Å². The van der Waals surface area contributed by atoms with Gasteiger partial charge in [0.25, 0.3) is 5.91 Å². The first-order chi connectivity index (χ1) is 9.74. The summed E-state index contributed by atoms with van der Waals surface area (Å²) in [5, 5.41) is 0. The Hall–Kier alpha value is -1.69. The molecule has 0 saturated carbocycles. The van der Waals surface area contributed by atoms with E-state index in [1.807, 2.05) is 9.80 Å². The summed E-state index contributed by atoms with van der Waals surface area (Å²) in [5.74, 6) is 0.254. The third-order valence-electron chi connectivity index (χ3n) is 3.82. The lowest BCUT2D eigenvalue weighted by atomic mass is 10.2. The number of hydrogen-bond donors (Lipinski definition) is 0. The van der Waals surface area contributed by atoms with E-state index < -0.39 is 5.95 Å². The molecular formula is C14H18FN3O2. The van der Waals surface area contributed by atoms with E-state index in [0.29, 0.717) is 38.6 Å². The molecule has 2 aliphatic rings. The number of pyridine rings is 1. The van der Waals surface area contributed by atoms with Gasteiger partial charge in [0.2, 0.25) is 5.95 Å². The van der Waals surface area contributed by atoms with E-state index in [9.17, 15) is 9.18 Å². The third-order valence-corrected chi connectivity index (χ3v) is 3.82. The first-order valence-corrected chi connectivity index (χ1v) is 7.02. The van der Waals surface area contributed by atoms with Crippen LogP contribution in [0.2, 0.25) is 0 Å². The average molecular weight is 279 g/mol. The summed E-state index contributed by atoms with van der Waals surface area (Å²) in [7, 11) is 0. The zero-order valence-corrected chi connectivity index (χ0v) is 11.3. The van der Waals surface area contributed by atoms with Crippen LogP contribution < -0.4 is 4.90 Å². The number of hydrogen-bond acceptors (Lipinski definition) is 4. The summed E-state index contributed by atoms with van der Waals surface area (Å²) in [4.78, 5) is 19.9. The van der Waals surface area contributed by atoms with Gasteiger partial charge in [-0.25, -0.2) is 4.98 Å². The van der Waals surface area contributed by atoms with Crippen molar-refractivity contribution in [3.63, 3.8) is 0 Å². The number of halogens is 1. The Bertz CT molecular complexity index is 483. The zero-order chi connectivity index (χ0) is 13.9. The van der Waals surface area contributed by atoms with Crippen molar-refractivity contribution in [3.8, 4) is 0 Å². The molecule has 0 spiro atoms. The number of rotatable bonds is 2. The maximum atomic E-state index is 13.1. The summed E-state index contributed by atoms with van der Waals surface area (Å²) in [6, 6.07) is 4.78. The Labute approximate surface area is 117 Å². The molecule has 1 amide bonds. The molecule has 5 nitrogen and oxygen atoms in total. The molecule has 0 aromatic carbocycles. The van der Waals surface area contributed by atoms with Crippen molar-refractivity contribution in [3.05, 3.63) is 24.1 Å². The van der Waals surface area contributed by atoms with Crippen molar-refractivity contribution in [1.29, 1.82) is 0 Å². The van der Waals surface area contributed by atoms with Gasteiger partial charge >= 0.3 is 0 Å². The van der Waals surface area contributed by atoms with E-state index in [1.54, 1.807) is 12.1 Å². The average Bonchev–Trinajstić information content (AvgIpc) is 3.01. The molecule has 0 unspecified atom stereocenters. The molecule has 6 heteroatoms. The van der Waals surface area contributed by atoms with Gasteiger partial charge in [0, 0.05) is 32.8 Å². The van der Waals surface area contributed by atoms with Gasteiger partial charge < -0.3 is 14.5 Å². The number of carbonyl (C=O) groups excluding carboxylic acids is 1. The smallest absolute Gasteiger partial charge is 0.251 e. The molecule has 3 rings (SSSR count). The second-order valence-electron chi connectivity index (χ2n) is 5.13. The van der Waals surface area contributed by atoms with Gasteiger partial charge in [-0.1, -0.05) is 6.07 Å². The van der Waals surface area contributed by atoms with Crippen LogP contribution in [-0.2, 0) is 9.53 Å². The van der Waals surface area contributed by atoms with E-state index in [0.717, 1.165) is 12.8 Å². The van der Waals surface area contributed by atoms with Gasteiger partial charge in [-0.15, -0.1) is 0 Å². The fraction of sp³-hybridized carbons (Fsp3) is 0.571. The molecule has 1 aromatic rings. The SMILES string of the molecule is O=C([C@@H]1CCCO1)N1CCN(c2cccc(F)n2)CC1. The van der Waals surface area contributed by atoms with Gasteiger partial charge in [-0.2, -0.15) is 4.39 Å². The Kier molecular flexibility index (Phi) is 3.82. The highest BCUT2D eigenvalue weighted by atomic mass is 19.1. The maximum absolute atomic E-state index is 13.1. The number of anilines is 1. The van der Waals surface area contributed by atoms with E-state index in [-0.39, 0.29) is 12.0 Å². The molecule has 20 heavy (non-hydrogen) atoms. The van der Waals surface area contributed by atoms with Crippen LogP contribution in [0.5, 0.6) is 0 Å². The molecule has 2 saturated heterocycles. The predicted molar refractivity (Wildman–Crippen MR) is 72.0 cm³/mol. The number of nitrogens with zero attached hydrogens (tertiary/aromatic N) is 3. The second-order valence-corrected chi connectivity index (χ2v) is 5.13. The molecular weight excluding hydrogens is 261 g/mol. The summed E-state index contributed by atoms with van der Waals surface area (Å²) < 4.78 is 18.5. The minimum Gasteiger partial charge on any atom is -0.368 e. The topological polar surface area (TPSA) is 45.7 Å². The van der Waals surface area contributed by atoms with Crippen LogP contribution in [0.1, 0.15) is 12.8 Å². The summed E-state index contributed by atoms with van der Waals surface area (Å²) in [5.41, 5.74) is 0. The highest BCUT2D eigenvalue weighted by Gasteiger charge is 2.30. The molecule has 2 fully saturated rings. The van der Waals surface area contributed by atoms with Crippen LogP contribution in [0.3, 0.4) is 0 Å². The lowest BCUT2D eigenvalue weighted by Gasteiger charge is -2.36. The van der Waals surface area contributed by atoms with Crippen LogP contribution in [0.25, 0.3) is 0 Å². The quantitative estimate of drug-likeness (QED) is 0.759. The summed E-state index contributed by atoms with van der Waals surface area (Å²) in [6.45, 7) is 3.31. The normalized spacial score (nSPS) is 23.1. The first kappa shape index (κ1) is 13.3. The monoisotopic (exact) mass is 279 g/mol. The number of aromatic nitrogens is 1. The van der Waals surface area contributed by atoms with Crippen molar-refractivity contribution in [2.75, 3.05) is 37.7 Å². The van der Waals surface area contributed by atoms with E-state index in [1.165, 1.54) is 6.07 Å². The van der Waals surface area contributed by atoms with Gasteiger partial charge in [-0.05, 0) is 25.0 Å². The van der Waals surface area contributed by atoms with Crippen molar-refractivity contribution in [1.82, 2.24) is 9.88 Å². The largest absolute Gasteiger partial charge is 0.368 e. The molecule has 1 atom stereocenters. The van der Waals surface area contributed by atoms with Gasteiger partial charge in [0.1, 0.15) is 11.9 Å². The third kappa shape index (κ3) is 2.75. The van der Waals surface area contributed by atoms with Gasteiger partial charge in [-0.3, -0.25) is 4.79 Å². The molecule has 0 N–H and O–H groups in total. The van der Waals surface area contributed by atoms with Crippen molar-refractivity contribution < 1.29 is 13.9 Å². The Morgan fingerprint density at radius 1 is 1.30 bits per heavy atom. The van der Waals surface area contributed by atoms with E-state index in [4.69, 9.17) is 4.74 Å². The predicted octanol–water partition coefficient (Wildman–Crippen LogP) is 1.05. The highest BCUT2D eigenvalue weighted by molar-refractivity contribution is 5.81. The number of piperazine rings is 1. The summed E-state index contributed by atoms with van der Waals surface area (Å²) >= 11 is 0. The molecule has 0 radical (unpaired) electrons. The number of amides is 1. The Morgan fingerprint density at radius 3 is 2.75 bits per heavy atom. The molecule has 3 heterocycles. The Balaban J connectivity index is 1.58. The van der Waals surface area contributed by atoms with Gasteiger partial charge in [0.05, 0.1) is 0 Å². The van der Waals surface area contributed by atoms with Crippen molar-refractivity contribution in [2.45, 2.75) is 18.9 Å². The number of carbonyl (C=O) groups is 1. The molecule has 0 bridgehead atoms. The minimum atomic E-state index is -0.472. The van der Waals surface area contributed by atoms with E-state index in [2.05, 4.69) is 4.98 Å². The molecule has 1 aromatic heterocycles. The second kappa shape index (κ2) is 5.75. The van der Waals surface area contributed by atoms with E-state index >= 15 is 0 Å². The molecule has 108 valence electrons. The van der Waals surface area contributed by atoms with Crippen molar-refractivity contribution in [2.24, 2.45) is 0 Å². The van der Waals surface area contributed by atoms with Crippen LogP contribution in [0.15, 0.2) is 18.2 Å². The highest BCUT2D eigenvalue weighted by Crippen LogP contribution is 2.18. The summed E-state index contributed by atoms with van der Waals surface area (Å²) in [6.07, 6.45) is 1.53. The van der Waals surface area contributed by atoms with Gasteiger partial charge in [0.15, 0.2) is 0 Å².